The fraction of sp³-hybridized carbons (Fsp3) is 0.261. The molecule has 3 rings (SSSR count). The minimum atomic E-state index is -0.311. The van der Waals surface area contributed by atoms with Crippen molar-refractivity contribution in [3.05, 3.63) is 72.1 Å². The molecule has 1 N–H and O–H groups in total. The van der Waals surface area contributed by atoms with Gasteiger partial charge in [-0.15, -0.1) is 0 Å². The summed E-state index contributed by atoms with van der Waals surface area (Å²) >= 11 is 0. The van der Waals surface area contributed by atoms with E-state index < -0.39 is 0 Å². The van der Waals surface area contributed by atoms with Gasteiger partial charge in [0, 0.05) is 18.4 Å². The molecule has 6 heteroatoms. The summed E-state index contributed by atoms with van der Waals surface area (Å²) in [6.07, 6.45) is 1.61. The summed E-state index contributed by atoms with van der Waals surface area (Å²) in [4.78, 5) is 23.7. The van der Waals surface area contributed by atoms with Crippen LogP contribution in [0, 0.1) is 6.92 Å². The number of anilines is 3. The molecule has 2 aromatic carbocycles. The van der Waals surface area contributed by atoms with Gasteiger partial charge in [-0.25, -0.2) is 9.97 Å². The van der Waals surface area contributed by atoms with E-state index in [9.17, 15) is 4.79 Å². The highest BCUT2D eigenvalue weighted by Gasteiger charge is 2.16. The van der Waals surface area contributed by atoms with Gasteiger partial charge in [-0.3, -0.25) is 4.79 Å². The molecule has 0 saturated carbocycles. The fourth-order valence-corrected chi connectivity index (χ4v) is 2.95. The molecule has 150 valence electrons. The summed E-state index contributed by atoms with van der Waals surface area (Å²) in [6, 6.07) is 17.1. The summed E-state index contributed by atoms with van der Waals surface area (Å²) in [5.74, 6) is 0.797. The van der Waals surface area contributed by atoms with Crippen LogP contribution in [0.2, 0.25) is 0 Å². The topological polar surface area (TPSA) is 67.4 Å². The van der Waals surface area contributed by atoms with Crippen molar-refractivity contribution in [3.63, 3.8) is 0 Å². The maximum atomic E-state index is 12.8. The van der Waals surface area contributed by atoms with E-state index in [-0.39, 0.29) is 12.0 Å². The van der Waals surface area contributed by atoms with Gasteiger partial charge in [0.1, 0.15) is 11.4 Å². The van der Waals surface area contributed by atoms with Gasteiger partial charge in [0.15, 0.2) is 0 Å². The summed E-state index contributed by atoms with van der Waals surface area (Å²) in [7, 11) is 0. The van der Waals surface area contributed by atoms with E-state index >= 15 is 0 Å². The lowest BCUT2D eigenvalue weighted by molar-refractivity contribution is 0.102. The molecule has 0 saturated heterocycles. The predicted octanol–water partition coefficient (Wildman–Crippen LogP) is 4.98. The van der Waals surface area contributed by atoms with Crippen molar-refractivity contribution >= 4 is 23.2 Å². The van der Waals surface area contributed by atoms with Gasteiger partial charge in [0.05, 0.1) is 11.8 Å². The molecule has 0 aliphatic heterocycles. The molecule has 0 spiro atoms. The standard InChI is InChI=1S/C23H26N4O2/c1-5-27(18-10-8-9-17(4)15-18)23-24-14-13-20(26-23)22(28)25-19-11-6-7-12-21(19)29-16(2)3/h6-16H,5H2,1-4H3,(H,25,28). The average Bonchev–Trinajstić information content (AvgIpc) is 2.70. The number of rotatable bonds is 7. The Hall–Kier alpha value is -3.41. The van der Waals surface area contributed by atoms with E-state index in [2.05, 4.69) is 21.4 Å². The summed E-state index contributed by atoms with van der Waals surface area (Å²) in [5, 5.41) is 2.89. The van der Waals surface area contributed by atoms with Gasteiger partial charge in [-0.05, 0) is 63.6 Å². The van der Waals surface area contributed by atoms with Crippen molar-refractivity contribution in [2.75, 3.05) is 16.8 Å². The van der Waals surface area contributed by atoms with Crippen LogP contribution in [0.15, 0.2) is 60.8 Å². The molecule has 29 heavy (non-hydrogen) atoms. The molecular weight excluding hydrogens is 364 g/mol. The first-order chi connectivity index (χ1) is 14.0. The van der Waals surface area contributed by atoms with Crippen LogP contribution in [-0.2, 0) is 0 Å². The second-order valence-electron chi connectivity index (χ2n) is 6.94. The zero-order valence-electron chi connectivity index (χ0n) is 17.2. The lowest BCUT2D eigenvalue weighted by Crippen LogP contribution is -2.21. The van der Waals surface area contributed by atoms with Gasteiger partial charge in [-0.2, -0.15) is 0 Å². The second kappa shape index (κ2) is 9.19. The van der Waals surface area contributed by atoms with Crippen LogP contribution in [-0.4, -0.2) is 28.5 Å². The Morgan fingerprint density at radius 2 is 1.93 bits per heavy atom. The van der Waals surface area contributed by atoms with Crippen LogP contribution < -0.4 is 15.0 Å². The average molecular weight is 390 g/mol. The first-order valence-electron chi connectivity index (χ1n) is 9.72. The highest BCUT2D eigenvalue weighted by atomic mass is 16.5. The van der Waals surface area contributed by atoms with Gasteiger partial charge in [0.25, 0.3) is 5.91 Å². The number of nitrogens with zero attached hydrogens (tertiary/aromatic N) is 3. The molecule has 1 heterocycles. The van der Waals surface area contributed by atoms with Crippen LogP contribution >= 0.6 is 0 Å². The smallest absolute Gasteiger partial charge is 0.274 e. The van der Waals surface area contributed by atoms with Crippen molar-refractivity contribution in [2.45, 2.75) is 33.8 Å². The zero-order chi connectivity index (χ0) is 20.8. The number of amides is 1. The van der Waals surface area contributed by atoms with E-state index in [0.29, 0.717) is 29.6 Å². The largest absolute Gasteiger partial charge is 0.489 e. The van der Waals surface area contributed by atoms with Crippen molar-refractivity contribution < 1.29 is 9.53 Å². The molecule has 0 unspecified atom stereocenters. The summed E-state index contributed by atoms with van der Waals surface area (Å²) in [6.45, 7) is 8.64. The van der Waals surface area contributed by atoms with Crippen LogP contribution in [0.25, 0.3) is 0 Å². The Kier molecular flexibility index (Phi) is 6.44. The minimum absolute atomic E-state index is 0.00569. The molecule has 3 aromatic rings. The lowest BCUT2D eigenvalue weighted by atomic mass is 10.2. The third-order valence-corrected chi connectivity index (χ3v) is 4.24. The number of hydrogen-bond donors (Lipinski definition) is 1. The summed E-state index contributed by atoms with van der Waals surface area (Å²) in [5.41, 5.74) is 3.04. The van der Waals surface area contributed by atoms with Gasteiger partial charge < -0.3 is 15.0 Å². The highest BCUT2D eigenvalue weighted by Crippen LogP contribution is 2.26. The third-order valence-electron chi connectivity index (χ3n) is 4.24. The molecule has 0 atom stereocenters. The maximum Gasteiger partial charge on any atom is 0.274 e. The number of aromatic nitrogens is 2. The molecule has 0 aliphatic rings. The van der Waals surface area contributed by atoms with Gasteiger partial charge in [-0.1, -0.05) is 24.3 Å². The normalized spacial score (nSPS) is 10.7. The van der Waals surface area contributed by atoms with Gasteiger partial charge >= 0.3 is 0 Å². The highest BCUT2D eigenvalue weighted by molar-refractivity contribution is 6.03. The Balaban J connectivity index is 1.85. The summed E-state index contributed by atoms with van der Waals surface area (Å²) < 4.78 is 5.77. The van der Waals surface area contributed by atoms with E-state index in [0.717, 1.165) is 11.3 Å². The van der Waals surface area contributed by atoms with Crippen LogP contribution in [0.4, 0.5) is 17.3 Å². The zero-order valence-corrected chi connectivity index (χ0v) is 17.2. The van der Waals surface area contributed by atoms with Crippen LogP contribution in [0.3, 0.4) is 0 Å². The number of nitrogens with one attached hydrogen (secondary N) is 1. The molecule has 0 radical (unpaired) electrons. The van der Waals surface area contributed by atoms with Crippen molar-refractivity contribution in [2.24, 2.45) is 0 Å². The van der Waals surface area contributed by atoms with Gasteiger partial charge in [0.2, 0.25) is 5.95 Å². The molecule has 1 aromatic heterocycles. The van der Waals surface area contributed by atoms with E-state index in [4.69, 9.17) is 4.74 Å². The first-order valence-corrected chi connectivity index (χ1v) is 9.72. The van der Waals surface area contributed by atoms with E-state index in [1.54, 1.807) is 12.3 Å². The monoisotopic (exact) mass is 390 g/mol. The number of hydrogen-bond acceptors (Lipinski definition) is 5. The molecule has 0 aliphatic carbocycles. The lowest BCUT2D eigenvalue weighted by Gasteiger charge is -2.21. The Labute approximate surface area is 171 Å². The number of benzene rings is 2. The minimum Gasteiger partial charge on any atom is -0.489 e. The van der Waals surface area contributed by atoms with Crippen molar-refractivity contribution in [3.8, 4) is 5.75 Å². The van der Waals surface area contributed by atoms with E-state index in [1.807, 2.05) is 75.1 Å². The molecule has 6 nitrogen and oxygen atoms in total. The van der Waals surface area contributed by atoms with Crippen LogP contribution in [0.1, 0.15) is 36.8 Å². The first kappa shape index (κ1) is 20.3. The fourth-order valence-electron chi connectivity index (χ4n) is 2.95. The van der Waals surface area contributed by atoms with E-state index in [1.165, 1.54) is 0 Å². The SMILES string of the molecule is CCN(c1cccc(C)c1)c1nccc(C(=O)Nc2ccccc2OC(C)C)n1. The Morgan fingerprint density at radius 1 is 1.14 bits per heavy atom. The van der Waals surface area contributed by atoms with Crippen LogP contribution in [0.5, 0.6) is 5.75 Å². The Bertz CT molecular complexity index is 988. The Morgan fingerprint density at radius 3 is 2.66 bits per heavy atom. The predicted molar refractivity (Wildman–Crippen MR) is 116 cm³/mol. The number of carbonyl (C=O) groups is 1. The second-order valence-corrected chi connectivity index (χ2v) is 6.94. The third kappa shape index (κ3) is 5.10. The maximum absolute atomic E-state index is 12.8. The number of ether oxygens (including phenoxy) is 1. The number of aryl methyl sites for hydroxylation is 1. The van der Waals surface area contributed by atoms with Crippen molar-refractivity contribution in [1.29, 1.82) is 0 Å². The molecule has 0 bridgehead atoms. The quantitative estimate of drug-likeness (QED) is 0.616. The van der Waals surface area contributed by atoms with Crippen molar-refractivity contribution in [1.82, 2.24) is 9.97 Å². The molecule has 0 fully saturated rings. The number of para-hydroxylation sites is 2. The number of carbonyl (C=O) groups excluding carboxylic acids is 1. The molecule has 1 amide bonds. The molecular formula is C23H26N4O2.